The lowest BCUT2D eigenvalue weighted by Gasteiger charge is -2.27. The first-order chi connectivity index (χ1) is 31.6. The number of phenols is 1. The van der Waals surface area contributed by atoms with Crippen molar-refractivity contribution in [3.8, 4) is 5.75 Å². The van der Waals surface area contributed by atoms with Crippen LogP contribution in [0.4, 0.5) is 0 Å². The quantitative estimate of drug-likeness (QED) is 0.0500. The molecule has 354 valence electrons. The molecule has 1 aromatic heterocycles. The molecule has 19 nitrogen and oxygen atoms in total. The fourth-order valence-electron chi connectivity index (χ4n) is 7.18. The normalized spacial score (nSPS) is 21.5. The van der Waals surface area contributed by atoms with Crippen molar-refractivity contribution in [2.75, 3.05) is 18.1 Å². The molecule has 0 aliphatic carbocycles. The van der Waals surface area contributed by atoms with Crippen molar-refractivity contribution in [1.82, 2.24) is 36.9 Å². The number of phenolic OH excluding ortho intramolecular Hbond substituents is 1. The van der Waals surface area contributed by atoms with E-state index in [1.807, 2.05) is 30.3 Å². The van der Waals surface area contributed by atoms with Crippen molar-refractivity contribution in [2.45, 2.75) is 93.8 Å². The number of nitrogens with two attached hydrogens (primary N) is 3. The number of amides is 7. The Balaban J connectivity index is 1.54. The first-order valence-electron chi connectivity index (χ1n) is 21.5. The van der Waals surface area contributed by atoms with Gasteiger partial charge < -0.3 is 64.3 Å². The number of hydrogen-bond donors (Lipinski definition) is 12. The van der Waals surface area contributed by atoms with E-state index in [-0.39, 0.29) is 42.9 Å². The number of para-hydroxylation sites is 1. The molecular weight excluding hydrogens is 889 g/mol. The molecule has 66 heavy (non-hydrogen) atoms. The molecule has 8 atom stereocenters. The maximum atomic E-state index is 14.6. The molecule has 1 aliphatic heterocycles. The van der Waals surface area contributed by atoms with Gasteiger partial charge in [-0.1, -0.05) is 82.3 Å². The third-order valence-corrected chi connectivity index (χ3v) is 13.3. The van der Waals surface area contributed by atoms with E-state index in [1.165, 1.54) is 19.1 Å². The molecule has 4 aromatic rings. The summed E-state index contributed by atoms with van der Waals surface area (Å²) in [7, 11) is 2.10. The molecule has 1 fully saturated rings. The molecule has 2 heterocycles. The number of carbonyl (C=O) groups excluding carboxylic acids is 7. The van der Waals surface area contributed by atoms with E-state index in [0.29, 0.717) is 30.5 Å². The summed E-state index contributed by atoms with van der Waals surface area (Å²) in [5, 5.41) is 37.1. The van der Waals surface area contributed by atoms with Crippen LogP contribution in [0, 0.1) is 0 Å². The minimum absolute atomic E-state index is 0.0267. The van der Waals surface area contributed by atoms with Crippen LogP contribution in [-0.4, -0.2) is 123 Å². The molecule has 0 bridgehead atoms. The van der Waals surface area contributed by atoms with Gasteiger partial charge in [0.05, 0.1) is 12.1 Å². The number of aliphatic hydroxyl groups is 1. The van der Waals surface area contributed by atoms with E-state index in [9.17, 15) is 43.8 Å². The lowest BCUT2D eigenvalue weighted by molar-refractivity contribution is -0.135. The fourth-order valence-corrected chi connectivity index (χ4v) is 9.51. The predicted molar refractivity (Wildman–Crippen MR) is 252 cm³/mol. The average Bonchev–Trinajstić information content (AvgIpc) is 3.70. The Morgan fingerprint density at radius 2 is 1.39 bits per heavy atom. The summed E-state index contributed by atoms with van der Waals surface area (Å²) in [5.74, 6) is -5.94. The smallest absolute Gasteiger partial charge is 0.244 e. The van der Waals surface area contributed by atoms with Crippen LogP contribution in [0.5, 0.6) is 5.75 Å². The van der Waals surface area contributed by atoms with E-state index in [4.69, 9.17) is 17.2 Å². The Kier molecular flexibility index (Phi) is 19.2. The molecular formula is C45H58N10O9S2. The number of H-pyrrole nitrogens is 1. The van der Waals surface area contributed by atoms with E-state index < -0.39 is 89.7 Å². The van der Waals surface area contributed by atoms with Gasteiger partial charge in [0.25, 0.3) is 0 Å². The summed E-state index contributed by atoms with van der Waals surface area (Å²) in [4.78, 5) is 100. The zero-order chi connectivity index (χ0) is 47.8. The molecule has 0 saturated carbocycles. The standard InChI is InChI=1S/C45H58N10O9S2/c1-25(56)38(39(48)58)55-45(64)37-24-66-65-23-36(53-40(59)31(47)19-26-9-3-2-4-10-26)44(63)51-34(20-27-14-16-29(57)17-15-27)42(61)52-35(21-28-22-49-32-12-6-5-11-30(28)32)43(62)50-33(41(60)54-37)13-7-8-18-46/h2-6,9-12,14-17,22,25,31,33-38,49,56-57H,7-8,13,18-21,23-24,46-47H2,1H3,(H2,48,58)(H,50,62)(H,51,63)(H,52,61)(H,53,59)(H,54,60)(H,55,64)/t25-,31-,33+,34+,35?,36-,37+,38+/m1/s1. The van der Waals surface area contributed by atoms with E-state index >= 15 is 0 Å². The zero-order valence-electron chi connectivity index (χ0n) is 36.4. The van der Waals surface area contributed by atoms with E-state index in [1.54, 1.807) is 42.6 Å². The largest absolute Gasteiger partial charge is 0.508 e. The number of aromatic amines is 1. The summed E-state index contributed by atoms with van der Waals surface area (Å²) in [6.45, 7) is 1.55. The number of benzene rings is 3. The summed E-state index contributed by atoms with van der Waals surface area (Å²) < 4.78 is 0. The monoisotopic (exact) mass is 946 g/mol. The lowest BCUT2D eigenvalue weighted by Crippen LogP contribution is -2.61. The Bertz CT molecular complexity index is 2300. The second-order valence-electron chi connectivity index (χ2n) is 16.0. The first kappa shape index (κ1) is 50.9. The molecule has 3 aromatic carbocycles. The molecule has 15 N–H and O–H groups in total. The molecule has 0 spiro atoms. The van der Waals surface area contributed by atoms with Crippen LogP contribution >= 0.6 is 21.6 Å². The summed E-state index contributed by atoms with van der Waals surface area (Å²) in [6.07, 6.45) is 1.27. The van der Waals surface area contributed by atoms with Gasteiger partial charge in [0.1, 0.15) is 42.0 Å². The van der Waals surface area contributed by atoms with Crippen LogP contribution in [0.3, 0.4) is 0 Å². The first-order valence-corrected chi connectivity index (χ1v) is 24.0. The highest BCUT2D eigenvalue weighted by molar-refractivity contribution is 8.76. The van der Waals surface area contributed by atoms with Crippen molar-refractivity contribution >= 4 is 73.8 Å². The summed E-state index contributed by atoms with van der Waals surface area (Å²) in [5.41, 5.74) is 20.3. The number of rotatable bonds is 16. The van der Waals surface area contributed by atoms with Gasteiger partial charge in [-0.2, -0.15) is 0 Å². The van der Waals surface area contributed by atoms with Crippen LogP contribution in [0.2, 0.25) is 0 Å². The molecule has 1 saturated heterocycles. The van der Waals surface area contributed by atoms with Gasteiger partial charge >= 0.3 is 0 Å². The van der Waals surface area contributed by atoms with Crippen molar-refractivity contribution in [2.24, 2.45) is 17.2 Å². The number of unbranched alkanes of at least 4 members (excludes halogenated alkanes) is 1. The predicted octanol–water partition coefficient (Wildman–Crippen LogP) is -0.472. The van der Waals surface area contributed by atoms with Crippen LogP contribution in [-0.2, 0) is 52.8 Å². The SMILES string of the molecule is C[C@@H](O)[C@H](NC(=O)[C@@H]1CSSC[C@@H](NC(=O)[C@H](N)Cc2ccccc2)C(=O)N[C@@H](Cc2ccc(O)cc2)C(=O)NC(Cc2c[nH]c3ccccc23)C(=O)N[C@@H](CCCCN)C(=O)N1)C(N)=O. The van der Waals surface area contributed by atoms with E-state index in [2.05, 4.69) is 36.9 Å². The number of aromatic nitrogens is 1. The van der Waals surface area contributed by atoms with Crippen molar-refractivity contribution in [3.05, 3.63) is 102 Å². The molecule has 1 unspecified atom stereocenters. The number of aliphatic hydroxyl groups excluding tert-OH is 1. The van der Waals surface area contributed by atoms with Crippen LogP contribution in [0.25, 0.3) is 10.9 Å². The second-order valence-corrected chi connectivity index (χ2v) is 18.6. The Hall–Kier alpha value is -6.13. The Morgan fingerprint density at radius 1 is 0.773 bits per heavy atom. The van der Waals surface area contributed by atoms with Gasteiger partial charge in [-0.3, -0.25) is 33.6 Å². The van der Waals surface area contributed by atoms with Crippen molar-refractivity contribution < 1.29 is 43.8 Å². The zero-order valence-corrected chi connectivity index (χ0v) is 38.0. The number of fused-ring (bicyclic) bond motifs is 1. The highest BCUT2D eigenvalue weighted by Gasteiger charge is 2.35. The van der Waals surface area contributed by atoms with Crippen molar-refractivity contribution in [3.63, 3.8) is 0 Å². The second kappa shape index (κ2) is 25.0. The third kappa shape index (κ3) is 15.0. The molecule has 7 amide bonds. The van der Waals surface area contributed by atoms with Crippen LogP contribution in [0.1, 0.15) is 42.9 Å². The highest BCUT2D eigenvalue weighted by Crippen LogP contribution is 2.25. The average molecular weight is 947 g/mol. The van der Waals surface area contributed by atoms with Gasteiger partial charge in [-0.05, 0) is 74.0 Å². The summed E-state index contributed by atoms with van der Waals surface area (Å²) >= 11 is 0. The lowest BCUT2D eigenvalue weighted by atomic mass is 10.0. The topological polar surface area (TPSA) is 326 Å². The number of aromatic hydroxyl groups is 1. The minimum atomic E-state index is -1.51. The Labute approximate surface area is 389 Å². The van der Waals surface area contributed by atoms with Gasteiger partial charge in [0, 0.05) is 41.4 Å². The number of primary amides is 1. The summed E-state index contributed by atoms with van der Waals surface area (Å²) in [6, 6.07) is 13.2. The highest BCUT2D eigenvalue weighted by atomic mass is 33.1. The molecule has 0 radical (unpaired) electrons. The number of nitrogens with one attached hydrogen (secondary N) is 7. The van der Waals surface area contributed by atoms with Gasteiger partial charge in [-0.15, -0.1) is 0 Å². The minimum Gasteiger partial charge on any atom is -0.508 e. The molecule has 5 rings (SSSR count). The van der Waals surface area contributed by atoms with Crippen LogP contribution in [0.15, 0.2) is 85.1 Å². The number of hydrogen-bond acceptors (Lipinski definition) is 13. The molecule has 21 heteroatoms. The Morgan fingerprint density at radius 3 is 2.08 bits per heavy atom. The van der Waals surface area contributed by atoms with E-state index in [0.717, 1.165) is 38.1 Å². The molecule has 1 aliphatic rings. The number of carbonyl (C=O) groups is 7. The maximum absolute atomic E-state index is 14.6. The maximum Gasteiger partial charge on any atom is 0.244 e. The van der Waals surface area contributed by atoms with Crippen molar-refractivity contribution in [1.29, 1.82) is 0 Å². The van der Waals surface area contributed by atoms with Gasteiger partial charge in [0.15, 0.2) is 0 Å². The third-order valence-electron chi connectivity index (χ3n) is 10.9. The van der Waals surface area contributed by atoms with Gasteiger partial charge in [0.2, 0.25) is 41.4 Å². The van der Waals surface area contributed by atoms with Gasteiger partial charge in [-0.25, -0.2) is 0 Å². The van der Waals surface area contributed by atoms with Crippen LogP contribution < -0.4 is 49.1 Å². The fraction of sp³-hybridized carbons (Fsp3) is 0.400.